The normalized spacial score (nSPS) is 20.8. The number of carboxylic acid groups (broad SMARTS) is 1. The van der Waals surface area contributed by atoms with Gasteiger partial charge >= 0.3 is 5.97 Å². The van der Waals surface area contributed by atoms with E-state index in [9.17, 15) is 9.59 Å². The highest BCUT2D eigenvalue weighted by molar-refractivity contribution is 5.78. The molecule has 5 nitrogen and oxygen atoms in total. The second-order valence-electron chi connectivity index (χ2n) is 7.12. The molecule has 2 atom stereocenters. The number of piperidine rings is 1. The average Bonchev–Trinajstić information content (AvgIpc) is 2.41. The van der Waals surface area contributed by atoms with Gasteiger partial charge in [-0.3, -0.25) is 9.59 Å². The molecule has 122 valence electrons. The molecule has 1 heterocycles. The van der Waals surface area contributed by atoms with E-state index in [1.54, 1.807) is 0 Å². The van der Waals surface area contributed by atoms with Gasteiger partial charge < -0.3 is 15.7 Å². The molecule has 0 radical (unpaired) electrons. The van der Waals surface area contributed by atoms with E-state index in [0.29, 0.717) is 18.9 Å². The molecule has 1 rings (SSSR count). The molecule has 1 saturated heterocycles. The molecule has 2 unspecified atom stereocenters. The van der Waals surface area contributed by atoms with Crippen LogP contribution in [-0.4, -0.2) is 36.6 Å². The van der Waals surface area contributed by atoms with Gasteiger partial charge in [0, 0.05) is 19.5 Å². The second kappa shape index (κ2) is 8.37. The Balaban J connectivity index is 2.34. The molecule has 0 saturated carbocycles. The fourth-order valence-electron chi connectivity index (χ4n) is 2.90. The molecule has 3 N–H and O–H groups in total. The summed E-state index contributed by atoms with van der Waals surface area (Å²) in [7, 11) is 0. The van der Waals surface area contributed by atoms with Crippen LogP contribution in [0.25, 0.3) is 0 Å². The smallest absolute Gasteiger partial charge is 0.303 e. The maximum atomic E-state index is 12.1. The monoisotopic (exact) mass is 298 g/mol. The van der Waals surface area contributed by atoms with E-state index in [-0.39, 0.29) is 23.7 Å². The Labute approximate surface area is 127 Å². The van der Waals surface area contributed by atoms with Crippen LogP contribution in [0.2, 0.25) is 0 Å². The van der Waals surface area contributed by atoms with E-state index in [1.165, 1.54) is 0 Å². The summed E-state index contributed by atoms with van der Waals surface area (Å²) in [4.78, 5) is 22.8. The van der Waals surface area contributed by atoms with Gasteiger partial charge in [-0.25, -0.2) is 0 Å². The van der Waals surface area contributed by atoms with Gasteiger partial charge in [0.2, 0.25) is 5.91 Å². The highest BCUT2D eigenvalue weighted by atomic mass is 16.4. The first-order valence-electron chi connectivity index (χ1n) is 8.01. The van der Waals surface area contributed by atoms with Crippen LogP contribution in [0.5, 0.6) is 0 Å². The lowest BCUT2D eigenvalue weighted by Crippen LogP contribution is -2.41. The van der Waals surface area contributed by atoms with Crippen molar-refractivity contribution < 1.29 is 14.7 Å². The van der Waals surface area contributed by atoms with E-state index in [4.69, 9.17) is 5.11 Å². The summed E-state index contributed by atoms with van der Waals surface area (Å²) in [5.41, 5.74) is 0.0621. The van der Waals surface area contributed by atoms with Crippen molar-refractivity contribution in [1.29, 1.82) is 0 Å². The molecule has 5 heteroatoms. The molecule has 0 aromatic heterocycles. The number of hydrogen-bond acceptors (Lipinski definition) is 3. The zero-order valence-electron chi connectivity index (χ0n) is 13.6. The summed E-state index contributed by atoms with van der Waals surface area (Å²) in [6.45, 7) is 8.81. The second-order valence-corrected chi connectivity index (χ2v) is 7.12. The molecule has 0 aromatic rings. The van der Waals surface area contributed by atoms with Crippen molar-refractivity contribution in [3.8, 4) is 0 Å². The molecule has 0 bridgehead atoms. The zero-order chi connectivity index (χ0) is 15.9. The third-order valence-corrected chi connectivity index (χ3v) is 4.39. The van der Waals surface area contributed by atoms with Gasteiger partial charge in [-0.05, 0) is 43.6 Å². The third-order valence-electron chi connectivity index (χ3n) is 4.39. The first-order chi connectivity index (χ1) is 9.80. The molecule has 0 aliphatic carbocycles. The standard InChI is InChI=1S/C16H30N2O3/c1-16(2,3)13(6-7-14(19)20)8-10-18-15(21)12-5-4-9-17-11-12/h12-13,17H,4-11H2,1-3H3,(H,18,21)(H,19,20). The maximum absolute atomic E-state index is 12.1. The Kier molecular flexibility index (Phi) is 7.15. The number of amides is 1. The van der Waals surface area contributed by atoms with Gasteiger partial charge in [0.25, 0.3) is 0 Å². The fourth-order valence-corrected chi connectivity index (χ4v) is 2.90. The van der Waals surface area contributed by atoms with Gasteiger partial charge in [0.05, 0.1) is 5.92 Å². The van der Waals surface area contributed by atoms with Crippen LogP contribution in [0.1, 0.15) is 52.9 Å². The molecule has 1 aliphatic rings. The van der Waals surface area contributed by atoms with E-state index >= 15 is 0 Å². The van der Waals surface area contributed by atoms with Gasteiger partial charge in [-0.15, -0.1) is 0 Å². The van der Waals surface area contributed by atoms with E-state index in [2.05, 4.69) is 31.4 Å². The van der Waals surface area contributed by atoms with Crippen LogP contribution in [-0.2, 0) is 9.59 Å². The van der Waals surface area contributed by atoms with Crippen LogP contribution < -0.4 is 10.6 Å². The minimum absolute atomic E-state index is 0.0621. The summed E-state index contributed by atoms with van der Waals surface area (Å²) < 4.78 is 0. The number of nitrogens with one attached hydrogen (secondary N) is 2. The Morgan fingerprint density at radius 3 is 2.57 bits per heavy atom. The van der Waals surface area contributed by atoms with Crippen molar-refractivity contribution in [2.24, 2.45) is 17.3 Å². The van der Waals surface area contributed by atoms with Crippen LogP contribution in [0.15, 0.2) is 0 Å². The molecule has 0 spiro atoms. The Bertz CT molecular complexity index is 344. The summed E-state index contributed by atoms with van der Waals surface area (Å²) in [5.74, 6) is -0.223. The quantitative estimate of drug-likeness (QED) is 0.672. The summed E-state index contributed by atoms with van der Waals surface area (Å²) in [5, 5.41) is 15.1. The fraction of sp³-hybridized carbons (Fsp3) is 0.875. The van der Waals surface area contributed by atoms with Crippen molar-refractivity contribution >= 4 is 11.9 Å². The molecular weight excluding hydrogens is 268 g/mol. The van der Waals surface area contributed by atoms with Crippen molar-refractivity contribution in [2.75, 3.05) is 19.6 Å². The number of carbonyl (C=O) groups excluding carboxylic acids is 1. The van der Waals surface area contributed by atoms with Crippen molar-refractivity contribution in [2.45, 2.75) is 52.9 Å². The molecule has 1 amide bonds. The number of hydrogen-bond donors (Lipinski definition) is 3. The van der Waals surface area contributed by atoms with E-state index < -0.39 is 5.97 Å². The SMILES string of the molecule is CC(C)(C)C(CCNC(=O)C1CCCNC1)CCC(=O)O. The van der Waals surface area contributed by atoms with Gasteiger partial charge in [-0.2, -0.15) is 0 Å². The van der Waals surface area contributed by atoms with Crippen molar-refractivity contribution in [3.63, 3.8) is 0 Å². The Morgan fingerprint density at radius 1 is 1.33 bits per heavy atom. The average molecular weight is 298 g/mol. The van der Waals surface area contributed by atoms with Gasteiger partial charge in [-0.1, -0.05) is 20.8 Å². The number of carbonyl (C=O) groups is 2. The summed E-state index contributed by atoms with van der Waals surface area (Å²) in [6, 6.07) is 0. The molecule has 0 aromatic carbocycles. The third kappa shape index (κ3) is 6.93. The summed E-state index contributed by atoms with van der Waals surface area (Å²) in [6.07, 6.45) is 3.71. The lowest BCUT2D eigenvalue weighted by Gasteiger charge is -2.31. The zero-order valence-corrected chi connectivity index (χ0v) is 13.6. The lowest BCUT2D eigenvalue weighted by molar-refractivity contribution is -0.137. The predicted molar refractivity (Wildman–Crippen MR) is 83.0 cm³/mol. The first-order valence-corrected chi connectivity index (χ1v) is 8.01. The number of aliphatic carboxylic acids is 1. The topological polar surface area (TPSA) is 78.4 Å². The Hall–Kier alpha value is -1.10. The number of rotatable bonds is 7. The summed E-state index contributed by atoms with van der Waals surface area (Å²) >= 11 is 0. The van der Waals surface area contributed by atoms with Crippen LogP contribution in [0.3, 0.4) is 0 Å². The van der Waals surface area contributed by atoms with Crippen molar-refractivity contribution in [3.05, 3.63) is 0 Å². The van der Waals surface area contributed by atoms with Gasteiger partial charge in [0.1, 0.15) is 0 Å². The van der Waals surface area contributed by atoms with Gasteiger partial charge in [0.15, 0.2) is 0 Å². The lowest BCUT2D eigenvalue weighted by atomic mass is 9.76. The molecule has 1 aliphatic heterocycles. The molecule has 1 fully saturated rings. The predicted octanol–water partition coefficient (Wildman–Crippen LogP) is 2.02. The largest absolute Gasteiger partial charge is 0.481 e. The van der Waals surface area contributed by atoms with E-state index in [1.807, 2.05) is 0 Å². The molecule has 21 heavy (non-hydrogen) atoms. The van der Waals surface area contributed by atoms with Crippen molar-refractivity contribution in [1.82, 2.24) is 10.6 Å². The Morgan fingerprint density at radius 2 is 2.05 bits per heavy atom. The highest BCUT2D eigenvalue weighted by Gasteiger charge is 2.26. The highest BCUT2D eigenvalue weighted by Crippen LogP contribution is 2.32. The first kappa shape index (κ1) is 18.0. The van der Waals surface area contributed by atoms with Crippen LogP contribution in [0, 0.1) is 17.3 Å². The molecular formula is C16H30N2O3. The number of carboxylic acids is 1. The van der Waals surface area contributed by atoms with Crippen LogP contribution in [0.4, 0.5) is 0 Å². The minimum atomic E-state index is -0.749. The minimum Gasteiger partial charge on any atom is -0.481 e. The van der Waals surface area contributed by atoms with Crippen LogP contribution >= 0.6 is 0 Å². The maximum Gasteiger partial charge on any atom is 0.303 e. The van der Waals surface area contributed by atoms with E-state index in [0.717, 1.165) is 32.4 Å².